The molecule has 1 N–H and O–H groups in total. The van der Waals surface area contributed by atoms with Gasteiger partial charge in [0.15, 0.2) is 0 Å². The topological polar surface area (TPSA) is 62.6 Å². The van der Waals surface area contributed by atoms with Crippen molar-refractivity contribution in [1.82, 2.24) is 10.2 Å². The van der Waals surface area contributed by atoms with Crippen molar-refractivity contribution >= 4 is 11.8 Å². The maximum absolute atomic E-state index is 12.3. The Morgan fingerprint density at radius 2 is 2.21 bits per heavy atom. The first-order valence-corrected chi connectivity index (χ1v) is 6.76. The Hall–Kier alpha value is -1.78. The van der Waals surface area contributed by atoms with E-state index in [0.717, 1.165) is 12.2 Å². The summed E-state index contributed by atoms with van der Waals surface area (Å²) in [6.07, 6.45) is 3.81. The number of amides is 2. The molecule has 1 saturated heterocycles. The van der Waals surface area contributed by atoms with E-state index in [9.17, 15) is 9.59 Å². The second-order valence-electron chi connectivity index (χ2n) is 4.89. The Bertz CT molecular complexity index is 442. The number of carbonyl (C=O) groups is 2. The summed E-state index contributed by atoms with van der Waals surface area (Å²) < 4.78 is 5.26. The zero-order valence-corrected chi connectivity index (χ0v) is 11.4. The number of rotatable bonds is 5. The van der Waals surface area contributed by atoms with Gasteiger partial charge in [0, 0.05) is 13.0 Å². The van der Waals surface area contributed by atoms with Crippen LogP contribution in [0.5, 0.6) is 0 Å². The minimum atomic E-state index is -0.407. The number of hydrogen-bond acceptors (Lipinski definition) is 3. The van der Waals surface area contributed by atoms with Gasteiger partial charge in [-0.15, -0.1) is 0 Å². The van der Waals surface area contributed by atoms with Crippen LogP contribution in [0.3, 0.4) is 0 Å². The maximum atomic E-state index is 12.3. The van der Waals surface area contributed by atoms with Gasteiger partial charge in [-0.25, -0.2) is 0 Å². The molecule has 0 radical (unpaired) electrons. The van der Waals surface area contributed by atoms with Crippen molar-refractivity contribution in [3.8, 4) is 0 Å². The van der Waals surface area contributed by atoms with Crippen LogP contribution in [0.4, 0.5) is 0 Å². The summed E-state index contributed by atoms with van der Waals surface area (Å²) >= 11 is 0. The molecular formula is C14H20N2O3. The molecule has 0 bridgehead atoms. The van der Waals surface area contributed by atoms with Crippen LogP contribution in [0.2, 0.25) is 0 Å². The van der Waals surface area contributed by atoms with Gasteiger partial charge in [0.2, 0.25) is 11.8 Å². The van der Waals surface area contributed by atoms with Gasteiger partial charge in [-0.3, -0.25) is 9.59 Å². The first-order chi connectivity index (χ1) is 9.13. The lowest BCUT2D eigenvalue weighted by Crippen LogP contribution is -2.62. The normalized spacial score (nSPS) is 23.6. The summed E-state index contributed by atoms with van der Waals surface area (Å²) in [6, 6.07) is 2.92. The second kappa shape index (κ2) is 5.91. The Morgan fingerprint density at radius 1 is 1.42 bits per heavy atom. The number of hydrogen-bond donors (Lipinski definition) is 1. The van der Waals surface area contributed by atoms with Crippen molar-refractivity contribution in [2.45, 2.75) is 45.2 Å². The van der Waals surface area contributed by atoms with Gasteiger partial charge in [-0.2, -0.15) is 0 Å². The third-order valence-corrected chi connectivity index (χ3v) is 3.50. The lowest BCUT2D eigenvalue weighted by Gasteiger charge is -2.37. The standard InChI is InChI=1S/C14H20N2O3/c1-3-5-12-14(18)16(10(2)13(17)15-12)8-7-11-6-4-9-19-11/h4,6,9-10,12H,3,5,7-8H2,1-2H3,(H,15,17). The first kappa shape index (κ1) is 13.6. The van der Waals surface area contributed by atoms with Gasteiger partial charge in [0.1, 0.15) is 17.8 Å². The van der Waals surface area contributed by atoms with Crippen molar-refractivity contribution < 1.29 is 14.0 Å². The molecule has 0 aromatic carbocycles. The first-order valence-electron chi connectivity index (χ1n) is 6.76. The van der Waals surface area contributed by atoms with E-state index < -0.39 is 6.04 Å². The van der Waals surface area contributed by atoms with E-state index in [0.29, 0.717) is 19.4 Å². The highest BCUT2D eigenvalue weighted by atomic mass is 16.3. The predicted octanol–water partition coefficient (Wildman–Crippen LogP) is 1.34. The predicted molar refractivity (Wildman–Crippen MR) is 70.4 cm³/mol. The molecule has 1 aliphatic heterocycles. The SMILES string of the molecule is CCCC1NC(=O)C(C)N(CCc2ccco2)C1=O. The monoisotopic (exact) mass is 264 g/mol. The third kappa shape index (κ3) is 2.97. The van der Waals surface area contributed by atoms with E-state index in [1.54, 1.807) is 18.1 Å². The minimum absolute atomic E-state index is 0.0144. The summed E-state index contributed by atoms with van der Waals surface area (Å²) in [6.45, 7) is 4.28. The quantitative estimate of drug-likeness (QED) is 0.873. The average molecular weight is 264 g/mol. The molecule has 1 aromatic rings. The van der Waals surface area contributed by atoms with Gasteiger partial charge in [0.05, 0.1) is 6.26 Å². The van der Waals surface area contributed by atoms with Gasteiger partial charge in [-0.05, 0) is 25.5 Å². The van der Waals surface area contributed by atoms with Crippen LogP contribution in [0.25, 0.3) is 0 Å². The molecule has 2 unspecified atom stereocenters. The van der Waals surface area contributed by atoms with E-state index in [1.165, 1.54) is 0 Å². The molecule has 5 nitrogen and oxygen atoms in total. The zero-order valence-electron chi connectivity index (χ0n) is 11.4. The summed E-state index contributed by atoms with van der Waals surface area (Å²) in [7, 11) is 0. The molecule has 19 heavy (non-hydrogen) atoms. The molecule has 0 saturated carbocycles. The lowest BCUT2D eigenvalue weighted by atomic mass is 10.0. The van der Waals surface area contributed by atoms with E-state index in [2.05, 4.69) is 5.32 Å². The highest BCUT2D eigenvalue weighted by Crippen LogP contribution is 2.14. The minimum Gasteiger partial charge on any atom is -0.469 e. The van der Waals surface area contributed by atoms with Crippen LogP contribution in [-0.4, -0.2) is 35.3 Å². The van der Waals surface area contributed by atoms with E-state index in [1.807, 2.05) is 19.1 Å². The number of nitrogens with zero attached hydrogens (tertiary/aromatic N) is 1. The fraction of sp³-hybridized carbons (Fsp3) is 0.571. The smallest absolute Gasteiger partial charge is 0.245 e. The highest BCUT2D eigenvalue weighted by molar-refractivity contribution is 5.96. The number of furan rings is 1. The van der Waals surface area contributed by atoms with Crippen molar-refractivity contribution in [3.63, 3.8) is 0 Å². The van der Waals surface area contributed by atoms with Crippen LogP contribution in [-0.2, 0) is 16.0 Å². The molecular weight excluding hydrogens is 244 g/mol. The molecule has 1 aliphatic rings. The molecule has 2 rings (SSSR count). The maximum Gasteiger partial charge on any atom is 0.245 e. The average Bonchev–Trinajstić information content (AvgIpc) is 2.89. The number of carbonyl (C=O) groups excluding carboxylic acids is 2. The molecule has 2 atom stereocenters. The molecule has 2 heterocycles. The van der Waals surface area contributed by atoms with Gasteiger partial charge in [0.25, 0.3) is 0 Å². The molecule has 1 aromatic heterocycles. The second-order valence-corrected chi connectivity index (χ2v) is 4.89. The molecule has 0 aliphatic carbocycles. The summed E-state index contributed by atoms with van der Waals surface area (Å²) in [5, 5.41) is 2.79. The molecule has 5 heteroatoms. The van der Waals surface area contributed by atoms with Gasteiger partial charge < -0.3 is 14.6 Å². The highest BCUT2D eigenvalue weighted by Gasteiger charge is 2.37. The van der Waals surface area contributed by atoms with Crippen LogP contribution in [0.15, 0.2) is 22.8 Å². The summed E-state index contributed by atoms with van der Waals surface area (Å²) in [5.74, 6) is 0.774. The molecule has 1 fully saturated rings. The Kier molecular flexibility index (Phi) is 4.24. The van der Waals surface area contributed by atoms with Crippen LogP contribution >= 0.6 is 0 Å². The lowest BCUT2D eigenvalue weighted by molar-refractivity contribution is -0.148. The number of piperazine rings is 1. The third-order valence-electron chi connectivity index (χ3n) is 3.50. The zero-order chi connectivity index (χ0) is 13.8. The fourth-order valence-corrected chi connectivity index (χ4v) is 2.36. The largest absolute Gasteiger partial charge is 0.469 e. The van der Waals surface area contributed by atoms with Crippen LogP contribution < -0.4 is 5.32 Å². The van der Waals surface area contributed by atoms with Crippen LogP contribution in [0, 0.1) is 0 Å². The number of nitrogens with one attached hydrogen (secondary N) is 1. The van der Waals surface area contributed by atoms with Crippen molar-refractivity contribution in [2.24, 2.45) is 0 Å². The Morgan fingerprint density at radius 3 is 2.84 bits per heavy atom. The van der Waals surface area contributed by atoms with Crippen molar-refractivity contribution in [2.75, 3.05) is 6.54 Å². The van der Waals surface area contributed by atoms with Gasteiger partial charge >= 0.3 is 0 Å². The summed E-state index contributed by atoms with van der Waals surface area (Å²) in [4.78, 5) is 25.8. The van der Waals surface area contributed by atoms with Crippen molar-refractivity contribution in [3.05, 3.63) is 24.2 Å². The van der Waals surface area contributed by atoms with Gasteiger partial charge in [-0.1, -0.05) is 13.3 Å². The van der Waals surface area contributed by atoms with E-state index >= 15 is 0 Å². The summed E-state index contributed by atoms with van der Waals surface area (Å²) in [5.41, 5.74) is 0. The fourth-order valence-electron chi connectivity index (χ4n) is 2.36. The van der Waals surface area contributed by atoms with E-state index in [4.69, 9.17) is 4.42 Å². The van der Waals surface area contributed by atoms with Crippen LogP contribution in [0.1, 0.15) is 32.4 Å². The Labute approximate surface area is 113 Å². The molecule has 104 valence electrons. The van der Waals surface area contributed by atoms with E-state index in [-0.39, 0.29) is 17.9 Å². The Balaban J connectivity index is 2.02. The molecule has 0 spiro atoms. The van der Waals surface area contributed by atoms with Crippen molar-refractivity contribution in [1.29, 1.82) is 0 Å². The molecule has 2 amide bonds.